The summed E-state index contributed by atoms with van der Waals surface area (Å²) in [4.78, 5) is 28.1. The van der Waals surface area contributed by atoms with Gasteiger partial charge in [-0.15, -0.1) is 0 Å². The Kier molecular flexibility index (Phi) is 6.84. The Balaban J connectivity index is 2.05. The molecule has 5 nitrogen and oxygen atoms in total. The molecule has 0 saturated heterocycles. The van der Waals surface area contributed by atoms with Crippen LogP contribution >= 0.6 is 0 Å². The quantitative estimate of drug-likeness (QED) is 0.612. The first-order valence-electron chi connectivity index (χ1n) is 10.6. The van der Waals surface area contributed by atoms with Crippen molar-refractivity contribution >= 4 is 11.9 Å². The molecule has 1 aliphatic heterocycles. The van der Waals surface area contributed by atoms with Crippen molar-refractivity contribution < 1.29 is 19.1 Å². The number of rotatable bonds is 6. The lowest BCUT2D eigenvalue weighted by molar-refractivity contribution is -0.143. The summed E-state index contributed by atoms with van der Waals surface area (Å²) in [7, 11) is 1.62. The molecule has 0 N–H and O–H groups in total. The Morgan fingerprint density at radius 1 is 1.10 bits per heavy atom. The Morgan fingerprint density at radius 3 is 2.39 bits per heavy atom. The van der Waals surface area contributed by atoms with Crippen molar-refractivity contribution in [2.75, 3.05) is 7.11 Å². The van der Waals surface area contributed by atoms with Crippen LogP contribution in [0.5, 0.6) is 5.75 Å². The summed E-state index contributed by atoms with van der Waals surface area (Å²) in [5.74, 6) is 0.0916. The van der Waals surface area contributed by atoms with E-state index >= 15 is 0 Å². The zero-order chi connectivity index (χ0) is 22.7. The zero-order valence-electron chi connectivity index (χ0n) is 19.2. The summed E-state index contributed by atoms with van der Waals surface area (Å²) in [5, 5.41) is 0. The van der Waals surface area contributed by atoms with Gasteiger partial charge in [0.1, 0.15) is 5.75 Å². The van der Waals surface area contributed by atoms with Crippen molar-refractivity contribution in [2.24, 2.45) is 0 Å². The Bertz CT molecular complexity index is 1000. The first-order valence-corrected chi connectivity index (χ1v) is 10.6. The lowest BCUT2D eigenvalue weighted by Crippen LogP contribution is -2.38. The number of amides is 1. The van der Waals surface area contributed by atoms with Crippen LogP contribution in [0.1, 0.15) is 55.4 Å². The van der Waals surface area contributed by atoms with Crippen LogP contribution in [0, 0.1) is 13.8 Å². The number of carbonyl (C=O) groups is 2. The second-order valence-electron chi connectivity index (χ2n) is 8.40. The molecule has 0 radical (unpaired) electrons. The molecule has 3 rings (SSSR count). The maximum absolute atomic E-state index is 13.2. The molecule has 2 aromatic rings. The van der Waals surface area contributed by atoms with Gasteiger partial charge >= 0.3 is 5.97 Å². The van der Waals surface area contributed by atoms with Gasteiger partial charge in [0.05, 0.1) is 25.3 Å². The van der Waals surface area contributed by atoms with E-state index in [0.29, 0.717) is 17.8 Å². The van der Waals surface area contributed by atoms with Gasteiger partial charge in [0.25, 0.3) is 0 Å². The largest absolute Gasteiger partial charge is 0.497 e. The number of nitrogens with zero attached hydrogens (tertiary/aromatic N) is 1. The van der Waals surface area contributed by atoms with Crippen LogP contribution in [0.15, 0.2) is 53.7 Å². The van der Waals surface area contributed by atoms with E-state index in [-0.39, 0.29) is 30.3 Å². The molecule has 1 amide bonds. The normalized spacial score (nSPS) is 16.7. The van der Waals surface area contributed by atoms with E-state index in [0.717, 1.165) is 28.0 Å². The van der Waals surface area contributed by atoms with Crippen molar-refractivity contribution in [2.45, 2.75) is 59.6 Å². The minimum absolute atomic E-state index is 0.000297. The summed E-state index contributed by atoms with van der Waals surface area (Å²) in [6, 6.07) is 13.8. The molecule has 0 aliphatic carbocycles. The van der Waals surface area contributed by atoms with Crippen LogP contribution in [0.4, 0.5) is 0 Å². The summed E-state index contributed by atoms with van der Waals surface area (Å²) in [6.45, 7) is 9.95. The van der Waals surface area contributed by atoms with E-state index in [4.69, 9.17) is 9.47 Å². The molecule has 1 atom stereocenters. The fraction of sp³-hybridized carbons (Fsp3) is 0.385. The Morgan fingerprint density at radius 2 is 1.77 bits per heavy atom. The fourth-order valence-electron chi connectivity index (χ4n) is 4.06. The van der Waals surface area contributed by atoms with Crippen LogP contribution < -0.4 is 4.74 Å². The van der Waals surface area contributed by atoms with Crippen molar-refractivity contribution in [1.82, 2.24) is 4.90 Å². The van der Waals surface area contributed by atoms with Gasteiger partial charge in [0.15, 0.2) is 0 Å². The van der Waals surface area contributed by atoms with Gasteiger partial charge in [-0.25, -0.2) is 4.79 Å². The van der Waals surface area contributed by atoms with Crippen LogP contribution in [-0.4, -0.2) is 30.0 Å². The monoisotopic (exact) mass is 421 g/mol. The Labute approximate surface area is 184 Å². The first kappa shape index (κ1) is 22.6. The SMILES string of the molecule is COc1ccc(CN2C(=O)CC(c3cc(C)ccc3C)C(C(=O)OC(C)C)=C2C)cc1. The minimum Gasteiger partial charge on any atom is -0.497 e. The van der Waals surface area contributed by atoms with E-state index in [2.05, 4.69) is 6.07 Å². The molecule has 0 aromatic heterocycles. The molecule has 1 unspecified atom stereocenters. The maximum Gasteiger partial charge on any atom is 0.336 e. The number of esters is 1. The average Bonchev–Trinajstić information content (AvgIpc) is 2.72. The summed E-state index contributed by atoms with van der Waals surface area (Å²) >= 11 is 0. The van der Waals surface area contributed by atoms with Gasteiger partial charge in [-0.3, -0.25) is 4.79 Å². The third-order valence-electron chi connectivity index (χ3n) is 5.70. The van der Waals surface area contributed by atoms with Gasteiger partial charge < -0.3 is 14.4 Å². The summed E-state index contributed by atoms with van der Waals surface area (Å²) in [5.41, 5.74) is 5.36. The molecule has 31 heavy (non-hydrogen) atoms. The minimum atomic E-state index is -0.356. The van der Waals surface area contributed by atoms with Gasteiger partial charge in [0.2, 0.25) is 5.91 Å². The number of ether oxygens (including phenoxy) is 2. The summed E-state index contributed by atoms with van der Waals surface area (Å²) in [6.07, 6.45) is 0.0000573. The smallest absolute Gasteiger partial charge is 0.336 e. The second-order valence-corrected chi connectivity index (χ2v) is 8.40. The van der Waals surface area contributed by atoms with Gasteiger partial charge in [-0.2, -0.15) is 0 Å². The molecule has 2 aromatic carbocycles. The highest BCUT2D eigenvalue weighted by Gasteiger charge is 2.37. The lowest BCUT2D eigenvalue weighted by atomic mass is 9.81. The molecule has 5 heteroatoms. The third kappa shape index (κ3) is 4.98. The number of methoxy groups -OCH3 is 1. The van der Waals surface area contributed by atoms with Crippen molar-refractivity contribution in [3.05, 3.63) is 76.0 Å². The van der Waals surface area contributed by atoms with Crippen LogP contribution in [-0.2, 0) is 20.9 Å². The Hall–Kier alpha value is -3.08. The summed E-state index contributed by atoms with van der Waals surface area (Å²) < 4.78 is 10.8. The predicted molar refractivity (Wildman–Crippen MR) is 121 cm³/mol. The standard InChI is InChI=1S/C26H31NO4/c1-16(2)31-26(29)25-19(5)27(15-20-9-11-21(30-6)12-10-20)24(28)14-23(25)22-13-17(3)7-8-18(22)4/h7-13,16,23H,14-15H2,1-6H3. The zero-order valence-corrected chi connectivity index (χ0v) is 19.2. The van der Waals surface area contributed by atoms with Crippen molar-refractivity contribution in [3.8, 4) is 5.75 Å². The maximum atomic E-state index is 13.2. The average molecular weight is 422 g/mol. The van der Waals surface area contributed by atoms with Crippen LogP contribution in [0.3, 0.4) is 0 Å². The molecular weight excluding hydrogens is 390 g/mol. The lowest BCUT2D eigenvalue weighted by Gasteiger charge is -2.35. The van der Waals surface area contributed by atoms with Gasteiger partial charge in [-0.1, -0.05) is 35.9 Å². The highest BCUT2D eigenvalue weighted by atomic mass is 16.5. The molecule has 164 valence electrons. The number of allylic oxidation sites excluding steroid dienone is 1. The first-order chi connectivity index (χ1) is 14.7. The molecule has 1 heterocycles. The second kappa shape index (κ2) is 9.38. The van der Waals surface area contributed by atoms with E-state index in [9.17, 15) is 9.59 Å². The predicted octanol–water partition coefficient (Wildman–Crippen LogP) is 5.05. The molecular formula is C26H31NO4. The molecule has 0 spiro atoms. The van der Waals surface area contributed by atoms with Crippen molar-refractivity contribution in [1.29, 1.82) is 0 Å². The molecule has 0 bridgehead atoms. The number of benzene rings is 2. The van der Waals surface area contributed by atoms with E-state index in [1.54, 1.807) is 12.0 Å². The van der Waals surface area contributed by atoms with E-state index in [1.807, 2.05) is 71.0 Å². The van der Waals surface area contributed by atoms with Gasteiger partial charge in [-0.05, 0) is 63.4 Å². The van der Waals surface area contributed by atoms with Crippen LogP contribution in [0.25, 0.3) is 0 Å². The number of aryl methyl sites for hydroxylation is 2. The number of carbonyl (C=O) groups excluding carboxylic acids is 2. The fourth-order valence-corrected chi connectivity index (χ4v) is 4.06. The highest BCUT2D eigenvalue weighted by Crippen LogP contribution is 2.39. The number of hydrogen-bond donors (Lipinski definition) is 0. The van der Waals surface area contributed by atoms with E-state index < -0.39 is 0 Å². The van der Waals surface area contributed by atoms with E-state index in [1.165, 1.54) is 0 Å². The van der Waals surface area contributed by atoms with Gasteiger partial charge in [0, 0.05) is 18.0 Å². The van der Waals surface area contributed by atoms with Crippen LogP contribution in [0.2, 0.25) is 0 Å². The van der Waals surface area contributed by atoms with Crippen molar-refractivity contribution in [3.63, 3.8) is 0 Å². The molecule has 1 aliphatic rings. The number of hydrogen-bond acceptors (Lipinski definition) is 4. The third-order valence-corrected chi connectivity index (χ3v) is 5.70. The topological polar surface area (TPSA) is 55.8 Å². The molecule has 0 saturated carbocycles. The highest BCUT2D eigenvalue weighted by molar-refractivity contribution is 5.96. The molecule has 0 fully saturated rings.